The molecule has 0 atom stereocenters. The molecule has 0 heterocycles. The van der Waals surface area contributed by atoms with E-state index in [0.29, 0.717) is 0 Å². The van der Waals surface area contributed by atoms with Crippen LogP contribution in [0.3, 0.4) is 0 Å². The van der Waals surface area contributed by atoms with Crippen LogP contribution in [0, 0.1) is 5.41 Å². The molecule has 1 saturated carbocycles. The smallest absolute Gasteiger partial charge is 0.0802 e. The molecule has 3 heteroatoms. The third kappa shape index (κ3) is 3.15. The summed E-state index contributed by atoms with van der Waals surface area (Å²) in [5.41, 5.74) is 6.10. The third-order valence-corrected chi connectivity index (χ3v) is 4.19. The van der Waals surface area contributed by atoms with Crippen molar-refractivity contribution in [2.75, 3.05) is 19.6 Å². The van der Waals surface area contributed by atoms with Gasteiger partial charge in [0.25, 0.3) is 0 Å². The maximum absolute atomic E-state index is 5.96. The van der Waals surface area contributed by atoms with E-state index in [4.69, 9.17) is 18.0 Å². The molecule has 0 spiro atoms. The van der Waals surface area contributed by atoms with E-state index in [0.717, 1.165) is 24.6 Å². The second-order valence-electron chi connectivity index (χ2n) is 4.67. The molecule has 0 unspecified atom stereocenters. The van der Waals surface area contributed by atoms with E-state index < -0.39 is 0 Å². The zero-order chi connectivity index (χ0) is 11.3. The Morgan fingerprint density at radius 2 is 1.73 bits per heavy atom. The fraction of sp³-hybridized carbons (Fsp3) is 0.917. The lowest BCUT2D eigenvalue weighted by atomic mass is 9.73. The average Bonchev–Trinajstić information content (AvgIpc) is 2.27. The molecule has 88 valence electrons. The van der Waals surface area contributed by atoms with E-state index in [-0.39, 0.29) is 5.41 Å². The van der Waals surface area contributed by atoms with E-state index in [1.165, 1.54) is 32.1 Å². The zero-order valence-corrected chi connectivity index (χ0v) is 10.9. The summed E-state index contributed by atoms with van der Waals surface area (Å²) in [6.45, 7) is 7.68. The Hall–Kier alpha value is -0.150. The number of hydrogen-bond acceptors (Lipinski definition) is 2. The minimum atomic E-state index is 0.138. The molecule has 0 radical (unpaired) electrons. The van der Waals surface area contributed by atoms with Crippen molar-refractivity contribution >= 4 is 17.2 Å². The fourth-order valence-electron chi connectivity index (χ4n) is 2.59. The first-order chi connectivity index (χ1) is 7.14. The Morgan fingerprint density at radius 1 is 1.20 bits per heavy atom. The molecule has 0 saturated heterocycles. The molecular formula is C12H24N2S. The van der Waals surface area contributed by atoms with Crippen LogP contribution in [0.4, 0.5) is 0 Å². The van der Waals surface area contributed by atoms with Gasteiger partial charge in [-0.1, -0.05) is 45.3 Å². The van der Waals surface area contributed by atoms with Gasteiger partial charge in [0.05, 0.1) is 4.99 Å². The molecule has 1 fully saturated rings. The van der Waals surface area contributed by atoms with Crippen LogP contribution >= 0.6 is 12.2 Å². The summed E-state index contributed by atoms with van der Waals surface area (Å²) in [5.74, 6) is 0. The summed E-state index contributed by atoms with van der Waals surface area (Å²) in [7, 11) is 0. The summed E-state index contributed by atoms with van der Waals surface area (Å²) in [4.78, 5) is 3.19. The topological polar surface area (TPSA) is 29.3 Å². The number of rotatable bonds is 5. The Bertz CT molecular complexity index is 206. The van der Waals surface area contributed by atoms with Crippen molar-refractivity contribution < 1.29 is 0 Å². The van der Waals surface area contributed by atoms with Gasteiger partial charge in [-0.05, 0) is 25.9 Å². The van der Waals surface area contributed by atoms with Crippen molar-refractivity contribution in [3.8, 4) is 0 Å². The third-order valence-electron chi connectivity index (χ3n) is 3.75. The highest BCUT2D eigenvalue weighted by Crippen LogP contribution is 2.37. The van der Waals surface area contributed by atoms with E-state index in [1.54, 1.807) is 0 Å². The SMILES string of the molecule is CCN(CC)CC1(C(N)=S)CCCCC1. The largest absolute Gasteiger partial charge is 0.393 e. The van der Waals surface area contributed by atoms with Gasteiger partial charge in [0, 0.05) is 12.0 Å². The summed E-state index contributed by atoms with van der Waals surface area (Å²) < 4.78 is 0. The van der Waals surface area contributed by atoms with Crippen molar-refractivity contribution in [3.63, 3.8) is 0 Å². The monoisotopic (exact) mass is 228 g/mol. The first-order valence-corrected chi connectivity index (χ1v) is 6.57. The minimum Gasteiger partial charge on any atom is -0.393 e. The van der Waals surface area contributed by atoms with Gasteiger partial charge in [-0.15, -0.1) is 0 Å². The number of thiocarbonyl (C=S) groups is 1. The molecule has 2 N–H and O–H groups in total. The molecule has 1 aliphatic rings. The van der Waals surface area contributed by atoms with Crippen LogP contribution in [-0.2, 0) is 0 Å². The van der Waals surface area contributed by atoms with Crippen LogP contribution in [0.2, 0.25) is 0 Å². The lowest BCUT2D eigenvalue weighted by Crippen LogP contribution is -2.46. The summed E-state index contributed by atoms with van der Waals surface area (Å²) in [6, 6.07) is 0. The van der Waals surface area contributed by atoms with Crippen LogP contribution in [-0.4, -0.2) is 29.5 Å². The first-order valence-electron chi connectivity index (χ1n) is 6.17. The quantitative estimate of drug-likeness (QED) is 0.733. The number of nitrogens with two attached hydrogens (primary N) is 1. The normalized spacial score (nSPS) is 20.5. The average molecular weight is 228 g/mol. The molecule has 0 bridgehead atoms. The van der Waals surface area contributed by atoms with E-state index in [2.05, 4.69) is 18.7 Å². The molecule has 0 aromatic carbocycles. The summed E-state index contributed by atoms with van der Waals surface area (Å²) in [6.07, 6.45) is 6.32. The van der Waals surface area contributed by atoms with Crippen LogP contribution in [0.25, 0.3) is 0 Å². The Labute approximate surface area is 99.2 Å². The number of hydrogen-bond donors (Lipinski definition) is 1. The Balaban J connectivity index is 2.67. The Kier molecular flexibility index (Phi) is 5.00. The number of nitrogens with zero attached hydrogens (tertiary/aromatic N) is 1. The molecule has 0 aliphatic heterocycles. The molecule has 15 heavy (non-hydrogen) atoms. The fourth-order valence-corrected chi connectivity index (χ4v) is 2.85. The van der Waals surface area contributed by atoms with E-state index in [1.807, 2.05) is 0 Å². The van der Waals surface area contributed by atoms with Crippen molar-refractivity contribution in [2.45, 2.75) is 46.0 Å². The highest BCUT2D eigenvalue weighted by Gasteiger charge is 2.35. The van der Waals surface area contributed by atoms with Gasteiger partial charge in [-0.3, -0.25) is 0 Å². The molecule has 2 nitrogen and oxygen atoms in total. The standard InChI is InChI=1S/C12H24N2S/c1-3-14(4-2)10-12(11(13)15)8-6-5-7-9-12/h3-10H2,1-2H3,(H2,13,15). The second kappa shape index (κ2) is 5.80. The van der Waals surface area contributed by atoms with Crippen LogP contribution < -0.4 is 5.73 Å². The van der Waals surface area contributed by atoms with Crippen molar-refractivity contribution in [2.24, 2.45) is 11.1 Å². The molecule has 0 amide bonds. The van der Waals surface area contributed by atoms with Gasteiger partial charge in [-0.25, -0.2) is 0 Å². The van der Waals surface area contributed by atoms with E-state index in [9.17, 15) is 0 Å². The van der Waals surface area contributed by atoms with Crippen LogP contribution in [0.15, 0.2) is 0 Å². The highest BCUT2D eigenvalue weighted by atomic mass is 32.1. The summed E-state index contributed by atoms with van der Waals surface area (Å²) >= 11 is 5.29. The molecular weight excluding hydrogens is 204 g/mol. The van der Waals surface area contributed by atoms with Gasteiger partial charge in [0.15, 0.2) is 0 Å². The summed E-state index contributed by atoms with van der Waals surface area (Å²) in [5, 5.41) is 0. The van der Waals surface area contributed by atoms with Crippen molar-refractivity contribution in [3.05, 3.63) is 0 Å². The highest BCUT2D eigenvalue weighted by molar-refractivity contribution is 7.80. The predicted octanol–water partition coefficient (Wildman–Crippen LogP) is 2.56. The van der Waals surface area contributed by atoms with Crippen LogP contribution in [0.5, 0.6) is 0 Å². The maximum atomic E-state index is 5.96. The van der Waals surface area contributed by atoms with Gasteiger partial charge in [0.1, 0.15) is 0 Å². The minimum absolute atomic E-state index is 0.138. The molecule has 0 aromatic heterocycles. The molecule has 1 rings (SSSR count). The van der Waals surface area contributed by atoms with Gasteiger partial charge in [0.2, 0.25) is 0 Å². The second-order valence-corrected chi connectivity index (χ2v) is 5.11. The molecule has 0 aromatic rings. The lowest BCUT2D eigenvalue weighted by Gasteiger charge is -2.40. The first kappa shape index (κ1) is 12.9. The molecule has 1 aliphatic carbocycles. The van der Waals surface area contributed by atoms with Gasteiger partial charge < -0.3 is 10.6 Å². The Morgan fingerprint density at radius 3 is 2.13 bits per heavy atom. The van der Waals surface area contributed by atoms with Crippen molar-refractivity contribution in [1.82, 2.24) is 4.90 Å². The van der Waals surface area contributed by atoms with Gasteiger partial charge in [-0.2, -0.15) is 0 Å². The van der Waals surface area contributed by atoms with Gasteiger partial charge >= 0.3 is 0 Å². The lowest BCUT2D eigenvalue weighted by molar-refractivity contribution is 0.173. The van der Waals surface area contributed by atoms with Crippen molar-refractivity contribution in [1.29, 1.82) is 0 Å². The zero-order valence-electron chi connectivity index (χ0n) is 10.1. The van der Waals surface area contributed by atoms with Crippen LogP contribution in [0.1, 0.15) is 46.0 Å². The van der Waals surface area contributed by atoms with E-state index >= 15 is 0 Å². The maximum Gasteiger partial charge on any atom is 0.0802 e. The predicted molar refractivity (Wildman–Crippen MR) is 70.1 cm³/mol.